The average Bonchev–Trinajstić information content (AvgIpc) is 3.28. The summed E-state index contributed by atoms with van der Waals surface area (Å²) in [5, 5.41) is 4.32. The highest BCUT2D eigenvalue weighted by Gasteiger charge is 2.52. The number of carbonyl (C=O) groups excluding carboxylic acids is 1. The van der Waals surface area contributed by atoms with Gasteiger partial charge in [0.2, 0.25) is 5.91 Å². The van der Waals surface area contributed by atoms with Gasteiger partial charge in [-0.05, 0) is 30.5 Å². The van der Waals surface area contributed by atoms with Gasteiger partial charge in [0, 0.05) is 45.7 Å². The first-order valence-corrected chi connectivity index (χ1v) is 8.58. The van der Waals surface area contributed by atoms with Gasteiger partial charge in [-0.2, -0.15) is 5.10 Å². The van der Waals surface area contributed by atoms with Crippen LogP contribution in [0.2, 0.25) is 0 Å². The Kier molecular flexibility index (Phi) is 3.72. The van der Waals surface area contributed by atoms with Crippen LogP contribution in [0.25, 0.3) is 0 Å². The van der Waals surface area contributed by atoms with Crippen molar-refractivity contribution < 1.29 is 9.21 Å². The highest BCUT2D eigenvalue weighted by molar-refractivity contribution is 5.81. The van der Waals surface area contributed by atoms with Crippen molar-refractivity contribution in [2.45, 2.75) is 37.3 Å². The zero-order valence-electron chi connectivity index (χ0n) is 14.3. The number of likely N-dealkylation sites (N-methyl/N-ethyl adjacent to an activating group) is 1. The molecule has 128 valence electrons. The van der Waals surface area contributed by atoms with Gasteiger partial charge in [0.15, 0.2) is 0 Å². The number of nitrogens with zero attached hydrogens (tertiary/aromatic N) is 4. The number of likely N-dealkylation sites (tertiary alicyclic amines) is 2. The van der Waals surface area contributed by atoms with E-state index in [0.29, 0.717) is 6.42 Å². The maximum atomic E-state index is 12.4. The van der Waals surface area contributed by atoms with Crippen molar-refractivity contribution in [3.05, 3.63) is 42.1 Å². The Balaban J connectivity index is 1.53. The SMILES string of the molecule is CN1C(=O)C[C@@H](c2cnn(C)c2)C12CCN(Cc1ccco1)CC2. The number of furan rings is 1. The number of hydrogen-bond donors (Lipinski definition) is 0. The van der Waals surface area contributed by atoms with Crippen molar-refractivity contribution in [2.24, 2.45) is 7.05 Å². The van der Waals surface area contributed by atoms with Crippen LogP contribution in [0, 0.1) is 0 Å². The van der Waals surface area contributed by atoms with Crippen LogP contribution in [-0.2, 0) is 18.4 Å². The molecule has 6 nitrogen and oxygen atoms in total. The predicted octanol–water partition coefficient (Wildman–Crippen LogP) is 1.99. The number of piperidine rings is 1. The molecular formula is C18H24N4O2. The molecule has 0 unspecified atom stereocenters. The van der Waals surface area contributed by atoms with Gasteiger partial charge in [-0.25, -0.2) is 0 Å². The van der Waals surface area contributed by atoms with E-state index in [4.69, 9.17) is 4.42 Å². The number of aromatic nitrogens is 2. The van der Waals surface area contributed by atoms with Crippen molar-refractivity contribution in [2.75, 3.05) is 20.1 Å². The molecule has 2 aliphatic heterocycles. The minimum absolute atomic E-state index is 0.0697. The van der Waals surface area contributed by atoms with E-state index in [9.17, 15) is 4.79 Å². The fourth-order valence-electron chi connectivity index (χ4n) is 4.44. The number of amides is 1. The van der Waals surface area contributed by atoms with Crippen LogP contribution < -0.4 is 0 Å². The van der Waals surface area contributed by atoms with E-state index in [0.717, 1.165) is 38.2 Å². The van der Waals surface area contributed by atoms with Gasteiger partial charge in [0.05, 0.1) is 24.5 Å². The van der Waals surface area contributed by atoms with Crippen LogP contribution in [0.4, 0.5) is 0 Å². The summed E-state index contributed by atoms with van der Waals surface area (Å²) in [6.45, 7) is 2.81. The highest BCUT2D eigenvalue weighted by Crippen LogP contribution is 2.48. The zero-order valence-corrected chi connectivity index (χ0v) is 14.3. The number of aryl methyl sites for hydroxylation is 1. The Labute approximate surface area is 142 Å². The molecule has 1 atom stereocenters. The first-order valence-electron chi connectivity index (χ1n) is 8.58. The summed E-state index contributed by atoms with van der Waals surface area (Å²) < 4.78 is 7.30. The molecule has 4 heterocycles. The molecule has 0 bridgehead atoms. The summed E-state index contributed by atoms with van der Waals surface area (Å²) >= 11 is 0. The first kappa shape index (κ1) is 15.4. The lowest BCUT2D eigenvalue weighted by Crippen LogP contribution is -2.53. The van der Waals surface area contributed by atoms with Crippen LogP contribution in [0.15, 0.2) is 35.2 Å². The van der Waals surface area contributed by atoms with Crippen LogP contribution in [0.3, 0.4) is 0 Å². The molecule has 2 aromatic heterocycles. The van der Waals surface area contributed by atoms with E-state index in [1.54, 1.807) is 6.26 Å². The second-order valence-electron chi connectivity index (χ2n) is 7.12. The first-order chi connectivity index (χ1) is 11.6. The Morgan fingerprint density at radius 3 is 2.75 bits per heavy atom. The van der Waals surface area contributed by atoms with Crippen LogP contribution >= 0.6 is 0 Å². The van der Waals surface area contributed by atoms with Gasteiger partial charge < -0.3 is 9.32 Å². The average molecular weight is 328 g/mol. The van der Waals surface area contributed by atoms with Crippen LogP contribution in [0.1, 0.15) is 36.5 Å². The molecular weight excluding hydrogens is 304 g/mol. The Morgan fingerprint density at radius 1 is 1.33 bits per heavy atom. The lowest BCUT2D eigenvalue weighted by molar-refractivity contribution is -0.130. The summed E-state index contributed by atoms with van der Waals surface area (Å²) in [4.78, 5) is 16.9. The van der Waals surface area contributed by atoms with Crippen molar-refractivity contribution in [3.63, 3.8) is 0 Å². The van der Waals surface area contributed by atoms with E-state index in [2.05, 4.69) is 16.2 Å². The van der Waals surface area contributed by atoms with E-state index < -0.39 is 0 Å². The Bertz CT molecular complexity index is 713. The second-order valence-corrected chi connectivity index (χ2v) is 7.12. The standard InChI is InChI=1S/C18H24N4O2/c1-20-12-14(11-19-20)16-10-17(23)21(2)18(16)5-7-22(8-6-18)13-15-4-3-9-24-15/h3-4,9,11-12,16H,5-8,10,13H2,1-2H3/t16-/m0/s1. The van der Waals surface area contributed by atoms with E-state index in [1.807, 2.05) is 42.0 Å². The molecule has 2 aliphatic rings. The van der Waals surface area contributed by atoms with Crippen LogP contribution in [0.5, 0.6) is 0 Å². The largest absolute Gasteiger partial charge is 0.468 e. The molecule has 0 aromatic carbocycles. The minimum atomic E-state index is -0.0697. The van der Waals surface area contributed by atoms with Crippen LogP contribution in [-0.4, -0.2) is 51.2 Å². The van der Waals surface area contributed by atoms with E-state index in [1.165, 1.54) is 5.56 Å². The summed E-state index contributed by atoms with van der Waals surface area (Å²) in [5.74, 6) is 1.50. The monoisotopic (exact) mass is 328 g/mol. The second kappa shape index (κ2) is 5.77. The third-order valence-electron chi connectivity index (χ3n) is 5.88. The molecule has 1 spiro atoms. The van der Waals surface area contributed by atoms with E-state index >= 15 is 0 Å². The molecule has 0 saturated carbocycles. The zero-order chi connectivity index (χ0) is 16.7. The van der Waals surface area contributed by atoms with Gasteiger partial charge in [0.25, 0.3) is 0 Å². The fraction of sp³-hybridized carbons (Fsp3) is 0.556. The lowest BCUT2D eigenvalue weighted by Gasteiger charge is -2.46. The van der Waals surface area contributed by atoms with Crippen molar-refractivity contribution in [1.82, 2.24) is 19.6 Å². The molecule has 4 rings (SSSR count). The summed E-state index contributed by atoms with van der Waals surface area (Å²) in [5.41, 5.74) is 1.12. The normalized spacial score (nSPS) is 24.2. The van der Waals surface area contributed by atoms with Gasteiger partial charge in [-0.3, -0.25) is 14.4 Å². The fourth-order valence-corrected chi connectivity index (χ4v) is 4.44. The predicted molar refractivity (Wildman–Crippen MR) is 89.3 cm³/mol. The lowest BCUT2D eigenvalue weighted by atomic mass is 9.74. The minimum Gasteiger partial charge on any atom is -0.468 e. The van der Waals surface area contributed by atoms with Crippen molar-refractivity contribution in [3.8, 4) is 0 Å². The molecule has 2 saturated heterocycles. The molecule has 1 amide bonds. The highest BCUT2D eigenvalue weighted by atomic mass is 16.3. The molecule has 0 aliphatic carbocycles. The third-order valence-corrected chi connectivity index (χ3v) is 5.88. The Morgan fingerprint density at radius 2 is 2.12 bits per heavy atom. The summed E-state index contributed by atoms with van der Waals surface area (Å²) in [7, 11) is 3.91. The molecule has 24 heavy (non-hydrogen) atoms. The van der Waals surface area contributed by atoms with Crippen molar-refractivity contribution >= 4 is 5.91 Å². The summed E-state index contributed by atoms with van der Waals surface area (Å²) in [6.07, 6.45) is 8.30. The molecule has 0 radical (unpaired) electrons. The smallest absolute Gasteiger partial charge is 0.223 e. The van der Waals surface area contributed by atoms with Crippen molar-refractivity contribution in [1.29, 1.82) is 0 Å². The molecule has 6 heteroatoms. The third kappa shape index (κ3) is 2.45. The van der Waals surface area contributed by atoms with E-state index in [-0.39, 0.29) is 17.4 Å². The number of hydrogen-bond acceptors (Lipinski definition) is 4. The quantitative estimate of drug-likeness (QED) is 0.865. The Hall–Kier alpha value is -2.08. The van der Waals surface area contributed by atoms with Gasteiger partial charge in [-0.15, -0.1) is 0 Å². The maximum Gasteiger partial charge on any atom is 0.223 e. The molecule has 2 fully saturated rings. The van der Waals surface area contributed by atoms with Gasteiger partial charge in [-0.1, -0.05) is 0 Å². The molecule has 2 aromatic rings. The number of carbonyl (C=O) groups is 1. The maximum absolute atomic E-state index is 12.4. The van der Waals surface area contributed by atoms with Gasteiger partial charge in [0.1, 0.15) is 5.76 Å². The molecule has 0 N–H and O–H groups in total. The van der Waals surface area contributed by atoms with Gasteiger partial charge >= 0.3 is 0 Å². The number of rotatable bonds is 3. The topological polar surface area (TPSA) is 54.5 Å². The summed E-state index contributed by atoms with van der Waals surface area (Å²) in [6, 6.07) is 3.96.